The molecule has 11 heteroatoms. The molecule has 8 nitrogen and oxygen atoms in total. The summed E-state index contributed by atoms with van der Waals surface area (Å²) in [6, 6.07) is 0.371. The van der Waals surface area contributed by atoms with E-state index >= 15 is 0 Å². The van der Waals surface area contributed by atoms with Gasteiger partial charge in [-0.3, -0.25) is 4.79 Å². The zero-order valence-electron chi connectivity index (χ0n) is 12.8. The molecule has 2 aromatic heterocycles. The average molecular weight is 357 g/mol. The highest BCUT2D eigenvalue weighted by molar-refractivity contribution is 5.92. The summed E-state index contributed by atoms with van der Waals surface area (Å²) in [6.45, 7) is 0.612. The van der Waals surface area contributed by atoms with Gasteiger partial charge in [-0.15, -0.1) is 0 Å². The van der Waals surface area contributed by atoms with Crippen LogP contribution in [0.1, 0.15) is 29.0 Å². The van der Waals surface area contributed by atoms with Crippen molar-refractivity contribution in [3.8, 4) is 6.01 Å². The van der Waals surface area contributed by atoms with E-state index in [0.29, 0.717) is 19.4 Å². The fourth-order valence-electron chi connectivity index (χ4n) is 2.54. The molecule has 0 saturated carbocycles. The maximum absolute atomic E-state index is 12.7. The number of likely N-dealkylation sites (tertiary alicyclic amines) is 1. The van der Waals surface area contributed by atoms with Crippen LogP contribution in [0.3, 0.4) is 0 Å². The van der Waals surface area contributed by atoms with Gasteiger partial charge in [-0.1, -0.05) is 0 Å². The van der Waals surface area contributed by atoms with Gasteiger partial charge in [0.1, 0.15) is 11.8 Å². The van der Waals surface area contributed by atoms with Crippen molar-refractivity contribution in [3.63, 3.8) is 0 Å². The molecular weight excluding hydrogens is 343 g/mol. The van der Waals surface area contributed by atoms with Crippen LogP contribution in [0.4, 0.5) is 13.2 Å². The van der Waals surface area contributed by atoms with Crippen molar-refractivity contribution in [2.24, 2.45) is 0 Å². The number of aromatic amines is 2. The third-order valence-electron chi connectivity index (χ3n) is 3.69. The second kappa shape index (κ2) is 6.57. The first kappa shape index (κ1) is 17.0. The summed E-state index contributed by atoms with van der Waals surface area (Å²) in [5, 5.41) is 0. The Morgan fingerprint density at radius 2 is 2.20 bits per heavy atom. The zero-order chi connectivity index (χ0) is 18.0. The molecule has 1 atom stereocenters. The summed E-state index contributed by atoms with van der Waals surface area (Å²) in [7, 11) is 0. The topological polar surface area (TPSA) is 104 Å². The van der Waals surface area contributed by atoms with Crippen molar-refractivity contribution in [2.75, 3.05) is 13.1 Å². The number of hydrogen-bond acceptors (Lipinski definition) is 5. The maximum Gasteiger partial charge on any atom is 0.433 e. The molecule has 25 heavy (non-hydrogen) atoms. The molecule has 134 valence electrons. The summed E-state index contributed by atoms with van der Waals surface area (Å²) < 4.78 is 43.4. The van der Waals surface area contributed by atoms with Gasteiger partial charge in [-0.05, 0) is 18.9 Å². The molecule has 1 fully saturated rings. The van der Waals surface area contributed by atoms with Crippen molar-refractivity contribution in [1.82, 2.24) is 24.8 Å². The number of piperidine rings is 1. The van der Waals surface area contributed by atoms with Crippen LogP contribution in [0.25, 0.3) is 0 Å². The van der Waals surface area contributed by atoms with Crippen molar-refractivity contribution in [3.05, 3.63) is 40.3 Å². The van der Waals surface area contributed by atoms with Crippen LogP contribution < -0.4 is 10.4 Å². The Morgan fingerprint density at radius 3 is 2.88 bits per heavy atom. The van der Waals surface area contributed by atoms with Crippen LogP contribution >= 0.6 is 0 Å². The SMILES string of the molecule is O=C(c1c[nH]c(=O)[nH]1)N1CCCC(Oc2nccc(C(F)(F)F)n2)C1. The van der Waals surface area contributed by atoms with Gasteiger partial charge in [0.05, 0.1) is 6.54 Å². The van der Waals surface area contributed by atoms with Gasteiger partial charge in [-0.2, -0.15) is 18.2 Å². The van der Waals surface area contributed by atoms with Crippen molar-refractivity contribution in [2.45, 2.75) is 25.1 Å². The minimum absolute atomic E-state index is 0.112. The lowest BCUT2D eigenvalue weighted by atomic mass is 10.1. The highest BCUT2D eigenvalue weighted by atomic mass is 19.4. The summed E-state index contributed by atoms with van der Waals surface area (Å²) in [5.74, 6) is -0.392. The van der Waals surface area contributed by atoms with Gasteiger partial charge in [0.15, 0.2) is 5.69 Å². The van der Waals surface area contributed by atoms with Crippen LogP contribution in [0.2, 0.25) is 0 Å². The molecule has 0 radical (unpaired) electrons. The fourth-order valence-corrected chi connectivity index (χ4v) is 2.54. The molecular formula is C14H14F3N5O3. The zero-order valence-corrected chi connectivity index (χ0v) is 12.8. The number of nitrogens with one attached hydrogen (secondary N) is 2. The fraction of sp³-hybridized carbons (Fsp3) is 0.429. The molecule has 1 saturated heterocycles. The first-order chi connectivity index (χ1) is 11.8. The number of halogens is 3. The number of alkyl halides is 3. The first-order valence-electron chi connectivity index (χ1n) is 7.47. The summed E-state index contributed by atoms with van der Waals surface area (Å²) in [4.78, 5) is 36.6. The number of ether oxygens (including phenoxy) is 1. The Balaban J connectivity index is 1.68. The van der Waals surface area contributed by atoms with Crippen molar-refractivity contribution < 1.29 is 22.7 Å². The van der Waals surface area contributed by atoms with E-state index in [1.807, 2.05) is 0 Å². The Morgan fingerprint density at radius 1 is 1.40 bits per heavy atom. The normalized spacial score (nSPS) is 18.2. The van der Waals surface area contributed by atoms with E-state index in [0.717, 1.165) is 12.3 Å². The summed E-state index contributed by atoms with van der Waals surface area (Å²) in [6.07, 6.45) is -1.73. The number of amides is 1. The minimum atomic E-state index is -4.59. The maximum atomic E-state index is 12.7. The van der Waals surface area contributed by atoms with Crippen molar-refractivity contribution in [1.29, 1.82) is 0 Å². The van der Waals surface area contributed by atoms with Gasteiger partial charge in [0.25, 0.3) is 5.91 Å². The predicted molar refractivity (Wildman–Crippen MR) is 78.0 cm³/mol. The molecule has 2 aromatic rings. The van der Waals surface area contributed by atoms with E-state index in [2.05, 4.69) is 19.9 Å². The van der Waals surface area contributed by atoms with E-state index in [-0.39, 0.29) is 18.2 Å². The van der Waals surface area contributed by atoms with Gasteiger partial charge in [0, 0.05) is 18.9 Å². The van der Waals surface area contributed by atoms with Crippen LogP contribution in [0.5, 0.6) is 6.01 Å². The molecule has 0 spiro atoms. The first-order valence-corrected chi connectivity index (χ1v) is 7.47. The third-order valence-corrected chi connectivity index (χ3v) is 3.69. The summed E-state index contributed by atoms with van der Waals surface area (Å²) >= 11 is 0. The number of rotatable bonds is 3. The van der Waals surface area contributed by atoms with E-state index in [1.165, 1.54) is 11.1 Å². The Hall–Kier alpha value is -2.85. The number of aromatic nitrogens is 4. The molecule has 0 aromatic carbocycles. The second-order valence-corrected chi connectivity index (χ2v) is 5.51. The van der Waals surface area contributed by atoms with E-state index in [4.69, 9.17) is 4.74 Å². The molecule has 1 aliphatic rings. The van der Waals surface area contributed by atoms with E-state index in [9.17, 15) is 22.8 Å². The number of H-pyrrole nitrogens is 2. The molecule has 1 aliphatic heterocycles. The second-order valence-electron chi connectivity index (χ2n) is 5.51. The quantitative estimate of drug-likeness (QED) is 0.859. The Bertz CT molecular complexity index is 816. The number of carbonyl (C=O) groups excluding carboxylic acids is 1. The molecule has 3 rings (SSSR count). The number of carbonyl (C=O) groups is 1. The standard InChI is InChI=1S/C14H14F3N5O3/c15-14(16,17)10-3-4-18-13(21-10)25-8-2-1-5-22(7-8)11(23)9-6-19-12(24)20-9/h3-4,6,8H,1-2,5,7H2,(H2,19,20,24). The molecule has 3 heterocycles. The van der Waals surface area contributed by atoms with Crippen LogP contribution in [-0.4, -0.2) is 49.9 Å². The minimum Gasteiger partial charge on any atom is -0.458 e. The van der Waals surface area contributed by atoms with Crippen LogP contribution in [-0.2, 0) is 6.18 Å². The third kappa shape index (κ3) is 3.98. The van der Waals surface area contributed by atoms with Crippen LogP contribution in [0.15, 0.2) is 23.3 Å². The molecule has 0 bridgehead atoms. The molecule has 2 N–H and O–H groups in total. The lowest BCUT2D eigenvalue weighted by Gasteiger charge is -2.32. The monoisotopic (exact) mass is 357 g/mol. The highest BCUT2D eigenvalue weighted by Crippen LogP contribution is 2.28. The van der Waals surface area contributed by atoms with Crippen molar-refractivity contribution >= 4 is 5.91 Å². The number of nitrogens with zero attached hydrogens (tertiary/aromatic N) is 3. The summed E-state index contributed by atoms with van der Waals surface area (Å²) in [5.41, 5.74) is -1.47. The van der Waals surface area contributed by atoms with Crippen LogP contribution in [0, 0.1) is 0 Å². The van der Waals surface area contributed by atoms with E-state index in [1.54, 1.807) is 0 Å². The smallest absolute Gasteiger partial charge is 0.433 e. The highest BCUT2D eigenvalue weighted by Gasteiger charge is 2.33. The largest absolute Gasteiger partial charge is 0.458 e. The van der Waals surface area contributed by atoms with Gasteiger partial charge in [0.2, 0.25) is 0 Å². The lowest BCUT2D eigenvalue weighted by Crippen LogP contribution is -2.44. The number of imidazole rings is 1. The van der Waals surface area contributed by atoms with Gasteiger partial charge in [-0.25, -0.2) is 9.78 Å². The molecule has 1 amide bonds. The average Bonchev–Trinajstić information content (AvgIpc) is 3.00. The Labute approximate surface area is 139 Å². The van der Waals surface area contributed by atoms with Gasteiger partial charge >= 0.3 is 17.9 Å². The predicted octanol–water partition coefficient (Wildman–Crippen LogP) is 1.20. The Kier molecular flexibility index (Phi) is 4.47. The van der Waals surface area contributed by atoms with Gasteiger partial charge < -0.3 is 19.6 Å². The number of hydrogen-bond donors (Lipinski definition) is 2. The lowest BCUT2D eigenvalue weighted by molar-refractivity contribution is -0.141. The molecule has 0 aliphatic carbocycles. The molecule has 1 unspecified atom stereocenters. The van der Waals surface area contributed by atoms with E-state index < -0.39 is 29.6 Å².